The Morgan fingerprint density at radius 1 is 1.27 bits per heavy atom. The van der Waals surface area contributed by atoms with Crippen LogP contribution in [0.15, 0.2) is 24.3 Å². The Hall–Kier alpha value is -1.17. The smallest absolute Gasteiger partial charge is 0.253 e. The van der Waals surface area contributed by atoms with Crippen molar-refractivity contribution in [3.8, 4) is 0 Å². The number of morpholine rings is 1. The maximum Gasteiger partial charge on any atom is 0.253 e. The summed E-state index contributed by atoms with van der Waals surface area (Å²) < 4.78 is 18.7. The Kier molecular flexibility index (Phi) is 6.17. The average Bonchev–Trinajstić information content (AvgIpc) is 2.56. The molecule has 0 bridgehead atoms. The van der Waals surface area contributed by atoms with Crippen LogP contribution in [-0.4, -0.2) is 43.2 Å². The molecule has 4 nitrogen and oxygen atoms in total. The van der Waals surface area contributed by atoms with E-state index < -0.39 is 0 Å². The number of nitrogens with one attached hydrogen (secondary N) is 1. The SMILES string of the molecule is Cl.O=C(C1CNCCO1)N1CCCCC1c1ccc(F)cc1. The van der Waals surface area contributed by atoms with Crippen molar-refractivity contribution in [1.29, 1.82) is 0 Å². The third-order valence-electron chi connectivity index (χ3n) is 4.24. The molecule has 22 heavy (non-hydrogen) atoms. The van der Waals surface area contributed by atoms with Crippen molar-refractivity contribution in [2.45, 2.75) is 31.4 Å². The first kappa shape index (κ1) is 17.2. The van der Waals surface area contributed by atoms with Gasteiger partial charge in [0, 0.05) is 19.6 Å². The maximum absolute atomic E-state index is 13.1. The number of carbonyl (C=O) groups excluding carboxylic acids is 1. The molecule has 1 amide bonds. The Morgan fingerprint density at radius 2 is 2.05 bits per heavy atom. The van der Waals surface area contributed by atoms with Crippen LogP contribution in [0.4, 0.5) is 4.39 Å². The minimum atomic E-state index is -0.389. The second-order valence-electron chi connectivity index (χ2n) is 5.66. The van der Waals surface area contributed by atoms with Crippen molar-refractivity contribution in [3.05, 3.63) is 35.6 Å². The molecule has 6 heteroatoms. The van der Waals surface area contributed by atoms with Crippen molar-refractivity contribution >= 4 is 18.3 Å². The van der Waals surface area contributed by atoms with Crippen molar-refractivity contribution < 1.29 is 13.9 Å². The number of likely N-dealkylation sites (tertiary alicyclic amines) is 1. The van der Waals surface area contributed by atoms with Gasteiger partial charge in [0.2, 0.25) is 0 Å². The number of benzene rings is 1. The van der Waals surface area contributed by atoms with Crippen LogP contribution in [-0.2, 0) is 9.53 Å². The first-order chi connectivity index (χ1) is 10.3. The van der Waals surface area contributed by atoms with Gasteiger partial charge in [0.1, 0.15) is 11.9 Å². The number of carbonyl (C=O) groups is 1. The fourth-order valence-corrected chi connectivity index (χ4v) is 3.14. The monoisotopic (exact) mass is 328 g/mol. The zero-order chi connectivity index (χ0) is 14.7. The van der Waals surface area contributed by atoms with Crippen LogP contribution >= 0.6 is 12.4 Å². The summed E-state index contributed by atoms with van der Waals surface area (Å²) in [6, 6.07) is 6.53. The van der Waals surface area contributed by atoms with Crippen molar-refractivity contribution in [3.63, 3.8) is 0 Å². The summed E-state index contributed by atoms with van der Waals surface area (Å²) in [5.41, 5.74) is 1.01. The summed E-state index contributed by atoms with van der Waals surface area (Å²) in [4.78, 5) is 14.6. The van der Waals surface area contributed by atoms with Crippen LogP contribution in [0.2, 0.25) is 0 Å². The van der Waals surface area contributed by atoms with Gasteiger partial charge in [-0.05, 0) is 37.0 Å². The molecule has 0 aromatic heterocycles. The fraction of sp³-hybridized carbons (Fsp3) is 0.562. The molecule has 1 aromatic rings. The van der Waals surface area contributed by atoms with Gasteiger partial charge in [-0.25, -0.2) is 4.39 Å². The third-order valence-corrected chi connectivity index (χ3v) is 4.24. The number of amides is 1. The maximum atomic E-state index is 13.1. The van der Waals surface area contributed by atoms with Crippen LogP contribution in [0.5, 0.6) is 0 Å². The first-order valence-corrected chi connectivity index (χ1v) is 7.64. The van der Waals surface area contributed by atoms with Gasteiger partial charge < -0.3 is 15.0 Å². The summed E-state index contributed by atoms with van der Waals surface area (Å²) >= 11 is 0. The highest BCUT2D eigenvalue weighted by Gasteiger charge is 2.33. The molecular formula is C16H22ClFN2O2. The van der Waals surface area contributed by atoms with Gasteiger partial charge in [0.15, 0.2) is 0 Å². The molecule has 2 aliphatic rings. The standard InChI is InChI=1S/C16H21FN2O2.ClH/c17-13-6-4-12(5-7-13)14-3-1-2-9-19(14)16(20)15-11-18-8-10-21-15;/h4-7,14-15,18H,1-3,8-11H2;1H. The lowest BCUT2D eigenvalue weighted by atomic mass is 9.94. The molecule has 2 fully saturated rings. The van der Waals surface area contributed by atoms with Crippen molar-refractivity contribution in [2.24, 2.45) is 0 Å². The van der Waals surface area contributed by atoms with Gasteiger partial charge in [-0.3, -0.25) is 4.79 Å². The number of ether oxygens (including phenoxy) is 1. The molecule has 0 saturated carbocycles. The molecule has 2 atom stereocenters. The second-order valence-corrected chi connectivity index (χ2v) is 5.66. The van der Waals surface area contributed by atoms with E-state index in [1.807, 2.05) is 4.90 Å². The molecule has 0 spiro atoms. The molecule has 3 rings (SSSR count). The zero-order valence-electron chi connectivity index (χ0n) is 12.5. The van der Waals surface area contributed by atoms with E-state index in [0.717, 1.165) is 37.9 Å². The third kappa shape index (κ3) is 3.77. The van der Waals surface area contributed by atoms with Gasteiger partial charge in [-0.2, -0.15) is 0 Å². The first-order valence-electron chi connectivity index (χ1n) is 7.64. The highest BCUT2D eigenvalue weighted by molar-refractivity contribution is 5.85. The molecular weight excluding hydrogens is 307 g/mol. The van der Waals surface area contributed by atoms with Gasteiger partial charge in [0.05, 0.1) is 12.6 Å². The van der Waals surface area contributed by atoms with E-state index in [1.54, 1.807) is 12.1 Å². The van der Waals surface area contributed by atoms with E-state index in [2.05, 4.69) is 5.32 Å². The Labute approximate surface area is 136 Å². The lowest BCUT2D eigenvalue weighted by molar-refractivity contribution is -0.149. The number of halogens is 2. The summed E-state index contributed by atoms with van der Waals surface area (Å²) in [5.74, 6) is -0.191. The zero-order valence-corrected chi connectivity index (χ0v) is 13.3. The molecule has 2 heterocycles. The summed E-state index contributed by atoms with van der Waals surface area (Å²) in [7, 11) is 0. The quantitative estimate of drug-likeness (QED) is 0.905. The summed E-state index contributed by atoms with van der Waals surface area (Å²) in [6.45, 7) is 2.70. The van der Waals surface area contributed by atoms with E-state index in [0.29, 0.717) is 13.2 Å². The minimum Gasteiger partial charge on any atom is -0.366 e. The van der Waals surface area contributed by atoms with E-state index >= 15 is 0 Å². The van der Waals surface area contributed by atoms with Crippen molar-refractivity contribution in [1.82, 2.24) is 10.2 Å². The molecule has 0 radical (unpaired) electrons. The largest absolute Gasteiger partial charge is 0.366 e. The lowest BCUT2D eigenvalue weighted by Crippen LogP contribution is -2.51. The molecule has 1 N–H and O–H groups in total. The number of hydrogen-bond donors (Lipinski definition) is 1. The minimum absolute atomic E-state index is 0. The highest BCUT2D eigenvalue weighted by Crippen LogP contribution is 2.31. The predicted molar refractivity (Wildman–Crippen MR) is 84.6 cm³/mol. The molecule has 2 saturated heterocycles. The molecule has 122 valence electrons. The van der Waals surface area contributed by atoms with E-state index in [-0.39, 0.29) is 36.3 Å². The number of hydrogen-bond acceptors (Lipinski definition) is 3. The molecule has 2 unspecified atom stereocenters. The highest BCUT2D eigenvalue weighted by atomic mass is 35.5. The van der Waals surface area contributed by atoms with Crippen molar-refractivity contribution in [2.75, 3.05) is 26.2 Å². The van der Waals surface area contributed by atoms with Crippen LogP contribution in [0.1, 0.15) is 30.9 Å². The van der Waals surface area contributed by atoms with Gasteiger partial charge >= 0.3 is 0 Å². The van der Waals surface area contributed by atoms with Gasteiger partial charge in [-0.15, -0.1) is 12.4 Å². The van der Waals surface area contributed by atoms with Crippen LogP contribution < -0.4 is 5.32 Å². The van der Waals surface area contributed by atoms with E-state index in [9.17, 15) is 9.18 Å². The number of rotatable bonds is 2. The fourth-order valence-electron chi connectivity index (χ4n) is 3.14. The summed E-state index contributed by atoms with van der Waals surface area (Å²) in [6.07, 6.45) is 2.65. The Balaban J connectivity index is 0.00000176. The van der Waals surface area contributed by atoms with Crippen LogP contribution in [0.25, 0.3) is 0 Å². The molecule has 0 aliphatic carbocycles. The average molecular weight is 329 g/mol. The normalized spacial score (nSPS) is 25.4. The topological polar surface area (TPSA) is 41.6 Å². The van der Waals surface area contributed by atoms with Crippen LogP contribution in [0, 0.1) is 5.82 Å². The van der Waals surface area contributed by atoms with E-state index in [1.165, 1.54) is 12.1 Å². The number of nitrogens with zero attached hydrogens (tertiary/aromatic N) is 1. The number of piperidine rings is 1. The lowest BCUT2D eigenvalue weighted by Gasteiger charge is -2.38. The predicted octanol–water partition coefficient (Wildman–Crippen LogP) is 2.29. The summed E-state index contributed by atoms with van der Waals surface area (Å²) in [5, 5.41) is 3.19. The Morgan fingerprint density at radius 3 is 2.73 bits per heavy atom. The van der Waals surface area contributed by atoms with E-state index in [4.69, 9.17) is 4.74 Å². The molecule has 1 aromatic carbocycles. The van der Waals surface area contributed by atoms with Gasteiger partial charge in [-0.1, -0.05) is 12.1 Å². The van der Waals surface area contributed by atoms with Gasteiger partial charge in [0.25, 0.3) is 5.91 Å². The second kappa shape index (κ2) is 7.90. The molecule has 2 aliphatic heterocycles. The van der Waals surface area contributed by atoms with Crippen LogP contribution in [0.3, 0.4) is 0 Å². The Bertz CT molecular complexity index is 491.